The molecule has 0 saturated carbocycles. The standard InChI is InChI=1S/C14H19N3O2S/c1-14(2)12(19)16(3)7-8-17(14)13-15-11-9(18)5-4-6-10(11)20-13/h4-8H2,1-3H3. The van der Waals surface area contributed by atoms with Crippen molar-refractivity contribution in [3.05, 3.63) is 10.6 Å². The summed E-state index contributed by atoms with van der Waals surface area (Å²) in [7, 11) is 1.83. The van der Waals surface area contributed by atoms with Gasteiger partial charge in [-0.3, -0.25) is 9.59 Å². The first-order valence-electron chi connectivity index (χ1n) is 6.97. The molecule has 1 aliphatic carbocycles. The van der Waals surface area contributed by atoms with Gasteiger partial charge in [-0.2, -0.15) is 0 Å². The van der Waals surface area contributed by atoms with E-state index in [9.17, 15) is 9.59 Å². The van der Waals surface area contributed by atoms with Crippen molar-refractivity contribution in [3.8, 4) is 0 Å². The average molecular weight is 293 g/mol. The molecule has 1 amide bonds. The van der Waals surface area contributed by atoms with E-state index in [0.29, 0.717) is 18.7 Å². The van der Waals surface area contributed by atoms with E-state index in [0.717, 1.165) is 29.4 Å². The van der Waals surface area contributed by atoms with E-state index in [1.807, 2.05) is 25.8 Å². The lowest BCUT2D eigenvalue weighted by atomic mass is 9.98. The number of Topliss-reactive ketones (excluding diaryl/α,β-unsaturated/α-hetero) is 1. The van der Waals surface area contributed by atoms with Crippen molar-refractivity contribution >= 4 is 28.2 Å². The van der Waals surface area contributed by atoms with Crippen LogP contribution in [0.4, 0.5) is 5.13 Å². The third-order valence-electron chi connectivity index (χ3n) is 4.19. The first-order chi connectivity index (χ1) is 9.41. The van der Waals surface area contributed by atoms with Gasteiger partial charge in [-0.15, -0.1) is 11.3 Å². The second kappa shape index (κ2) is 4.55. The molecule has 108 valence electrons. The van der Waals surface area contributed by atoms with Gasteiger partial charge in [0.05, 0.1) is 0 Å². The van der Waals surface area contributed by atoms with Gasteiger partial charge in [0.1, 0.15) is 11.2 Å². The molecule has 5 nitrogen and oxygen atoms in total. The number of aromatic nitrogens is 1. The monoisotopic (exact) mass is 293 g/mol. The lowest BCUT2D eigenvalue weighted by molar-refractivity contribution is -0.136. The highest BCUT2D eigenvalue weighted by atomic mass is 32.1. The minimum Gasteiger partial charge on any atom is -0.342 e. The second-order valence-corrected chi connectivity index (χ2v) is 7.04. The zero-order chi connectivity index (χ0) is 14.5. The predicted octanol–water partition coefficient (Wildman–Crippen LogP) is 1.72. The number of fused-ring (bicyclic) bond motifs is 1. The molecule has 0 aromatic carbocycles. The Balaban J connectivity index is 1.97. The van der Waals surface area contributed by atoms with Crippen molar-refractivity contribution in [2.45, 2.75) is 38.6 Å². The molecule has 0 atom stereocenters. The Morgan fingerprint density at radius 3 is 2.65 bits per heavy atom. The second-order valence-electron chi connectivity index (χ2n) is 5.98. The molecule has 0 N–H and O–H groups in total. The molecule has 6 heteroatoms. The van der Waals surface area contributed by atoms with Crippen LogP contribution in [-0.2, 0) is 11.2 Å². The third kappa shape index (κ3) is 1.93. The van der Waals surface area contributed by atoms with E-state index < -0.39 is 5.54 Å². The van der Waals surface area contributed by atoms with Crippen LogP contribution in [0.15, 0.2) is 0 Å². The number of hydrogen-bond acceptors (Lipinski definition) is 5. The summed E-state index contributed by atoms with van der Waals surface area (Å²) < 4.78 is 0. The molecule has 1 aromatic rings. The number of ketones is 1. The molecule has 2 aliphatic rings. The number of rotatable bonds is 1. The van der Waals surface area contributed by atoms with E-state index in [2.05, 4.69) is 4.98 Å². The molecule has 2 heterocycles. The van der Waals surface area contributed by atoms with Crippen molar-refractivity contribution in [3.63, 3.8) is 0 Å². The third-order valence-corrected chi connectivity index (χ3v) is 5.33. The Bertz CT molecular complexity index is 579. The van der Waals surface area contributed by atoms with Crippen LogP contribution in [0.3, 0.4) is 0 Å². The molecule has 0 bridgehead atoms. The van der Waals surface area contributed by atoms with Crippen molar-refractivity contribution in [1.29, 1.82) is 0 Å². The van der Waals surface area contributed by atoms with Gasteiger partial charge >= 0.3 is 0 Å². The number of anilines is 1. The van der Waals surface area contributed by atoms with Crippen molar-refractivity contribution < 1.29 is 9.59 Å². The molecular weight excluding hydrogens is 274 g/mol. The highest BCUT2D eigenvalue weighted by molar-refractivity contribution is 7.16. The van der Waals surface area contributed by atoms with Crippen LogP contribution in [0.2, 0.25) is 0 Å². The largest absolute Gasteiger partial charge is 0.342 e. The maximum absolute atomic E-state index is 12.3. The fourth-order valence-corrected chi connectivity index (χ4v) is 4.21. The molecule has 1 saturated heterocycles. The van der Waals surface area contributed by atoms with E-state index in [1.54, 1.807) is 16.2 Å². The Morgan fingerprint density at radius 1 is 1.20 bits per heavy atom. The summed E-state index contributed by atoms with van der Waals surface area (Å²) in [6.45, 7) is 5.30. The van der Waals surface area contributed by atoms with Crippen LogP contribution in [0.25, 0.3) is 0 Å². The van der Waals surface area contributed by atoms with Gasteiger partial charge in [-0.25, -0.2) is 4.98 Å². The van der Waals surface area contributed by atoms with Crippen LogP contribution in [0.5, 0.6) is 0 Å². The molecule has 1 aliphatic heterocycles. The molecule has 0 unspecified atom stereocenters. The SMILES string of the molecule is CN1CCN(c2nc3c(s2)CCCC3=O)C(C)(C)C1=O. The number of carbonyl (C=O) groups excluding carboxylic acids is 2. The first kappa shape index (κ1) is 13.5. The van der Waals surface area contributed by atoms with Gasteiger partial charge in [-0.1, -0.05) is 0 Å². The average Bonchev–Trinajstić information content (AvgIpc) is 2.81. The molecular formula is C14H19N3O2S. The van der Waals surface area contributed by atoms with Gasteiger partial charge in [0.15, 0.2) is 10.9 Å². The predicted molar refractivity (Wildman–Crippen MR) is 78.4 cm³/mol. The quantitative estimate of drug-likeness (QED) is 0.791. The fourth-order valence-electron chi connectivity index (χ4n) is 2.92. The number of likely N-dealkylation sites (N-methyl/N-ethyl adjacent to an activating group) is 1. The number of amides is 1. The smallest absolute Gasteiger partial charge is 0.247 e. The number of piperazine rings is 1. The normalized spacial score (nSPS) is 22.1. The van der Waals surface area contributed by atoms with Gasteiger partial charge in [0, 0.05) is 31.4 Å². The van der Waals surface area contributed by atoms with Crippen molar-refractivity contribution in [1.82, 2.24) is 9.88 Å². The number of thiazole rings is 1. The zero-order valence-corrected chi connectivity index (χ0v) is 12.9. The molecule has 20 heavy (non-hydrogen) atoms. The first-order valence-corrected chi connectivity index (χ1v) is 7.79. The minimum absolute atomic E-state index is 0.100. The van der Waals surface area contributed by atoms with Gasteiger partial charge < -0.3 is 9.80 Å². The summed E-state index contributed by atoms with van der Waals surface area (Å²) in [5.41, 5.74) is 0.0367. The van der Waals surface area contributed by atoms with E-state index >= 15 is 0 Å². The lowest BCUT2D eigenvalue weighted by Gasteiger charge is -2.44. The number of carbonyl (C=O) groups is 2. The summed E-state index contributed by atoms with van der Waals surface area (Å²) in [4.78, 5) is 33.7. The van der Waals surface area contributed by atoms with Gasteiger partial charge in [0.2, 0.25) is 5.91 Å². The molecule has 1 aromatic heterocycles. The van der Waals surface area contributed by atoms with E-state index in [1.165, 1.54) is 0 Å². The van der Waals surface area contributed by atoms with Crippen molar-refractivity contribution in [2.75, 3.05) is 25.0 Å². The summed E-state index contributed by atoms with van der Waals surface area (Å²) in [6.07, 6.45) is 2.45. The van der Waals surface area contributed by atoms with Crippen molar-refractivity contribution in [2.24, 2.45) is 0 Å². The van der Waals surface area contributed by atoms with Crippen LogP contribution in [0.1, 0.15) is 42.1 Å². The summed E-state index contributed by atoms with van der Waals surface area (Å²) in [5.74, 6) is 0.246. The van der Waals surface area contributed by atoms with E-state index in [4.69, 9.17) is 0 Å². The summed E-state index contributed by atoms with van der Waals surface area (Å²) in [5, 5.41) is 0.816. The topological polar surface area (TPSA) is 53.5 Å². The minimum atomic E-state index is -0.601. The number of nitrogens with zero attached hydrogens (tertiary/aromatic N) is 3. The Morgan fingerprint density at radius 2 is 1.95 bits per heavy atom. The maximum atomic E-state index is 12.3. The Labute approximate surface area is 122 Å². The van der Waals surface area contributed by atoms with Crippen LogP contribution in [0, 0.1) is 0 Å². The highest BCUT2D eigenvalue weighted by Gasteiger charge is 2.42. The highest BCUT2D eigenvalue weighted by Crippen LogP contribution is 2.36. The Hall–Kier alpha value is -1.43. The fraction of sp³-hybridized carbons (Fsp3) is 0.643. The number of aryl methyl sites for hydroxylation is 1. The Kier molecular flexibility index (Phi) is 3.08. The summed E-state index contributed by atoms with van der Waals surface area (Å²) in [6, 6.07) is 0. The zero-order valence-electron chi connectivity index (χ0n) is 12.1. The maximum Gasteiger partial charge on any atom is 0.247 e. The van der Waals surface area contributed by atoms with E-state index in [-0.39, 0.29) is 11.7 Å². The summed E-state index contributed by atoms with van der Waals surface area (Å²) >= 11 is 1.57. The van der Waals surface area contributed by atoms with Gasteiger partial charge in [-0.05, 0) is 26.7 Å². The van der Waals surface area contributed by atoms with Crippen LogP contribution < -0.4 is 4.90 Å². The van der Waals surface area contributed by atoms with Gasteiger partial charge in [0.25, 0.3) is 0 Å². The molecule has 3 rings (SSSR count). The van der Waals surface area contributed by atoms with Crippen LogP contribution in [-0.4, -0.2) is 47.3 Å². The molecule has 0 radical (unpaired) electrons. The number of hydrogen-bond donors (Lipinski definition) is 0. The molecule has 1 fully saturated rings. The van der Waals surface area contributed by atoms with Crippen LogP contribution >= 0.6 is 11.3 Å². The lowest BCUT2D eigenvalue weighted by Crippen LogP contribution is -2.62. The molecule has 0 spiro atoms.